The molecule has 9 heteroatoms. The van der Waals surface area contributed by atoms with Crippen LogP contribution in [0.5, 0.6) is 5.75 Å². The molecule has 1 fully saturated rings. The number of methoxy groups -OCH3 is 1. The van der Waals surface area contributed by atoms with Crippen LogP contribution in [-0.4, -0.2) is 56.0 Å². The number of para-hydroxylation sites is 1. The molecule has 222 valence electrons. The van der Waals surface area contributed by atoms with Crippen molar-refractivity contribution in [1.29, 1.82) is 0 Å². The second-order valence-electron chi connectivity index (χ2n) is 10.9. The number of benzene rings is 3. The SMILES string of the molecule is COc1cc(NC(=O)Nc2ccccc2)ccc1C(=O)NCCCN1CCC(c2cccc(NC(=O)C(C)C)c2)CC1. The van der Waals surface area contributed by atoms with E-state index in [0.29, 0.717) is 35.2 Å². The van der Waals surface area contributed by atoms with Crippen LogP contribution in [0.25, 0.3) is 0 Å². The molecule has 0 unspecified atom stereocenters. The Balaban J connectivity index is 1.19. The zero-order valence-corrected chi connectivity index (χ0v) is 24.6. The minimum Gasteiger partial charge on any atom is -0.496 e. The Morgan fingerprint density at radius 1 is 0.857 bits per heavy atom. The molecule has 1 aliphatic rings. The highest BCUT2D eigenvalue weighted by atomic mass is 16.5. The molecule has 3 aromatic carbocycles. The minimum absolute atomic E-state index is 0.0325. The molecular weight excluding hydrogens is 530 g/mol. The number of carbonyl (C=O) groups is 3. The van der Waals surface area contributed by atoms with Gasteiger partial charge in [0, 0.05) is 35.6 Å². The third-order valence-corrected chi connectivity index (χ3v) is 7.41. The van der Waals surface area contributed by atoms with Gasteiger partial charge in [0.05, 0.1) is 12.7 Å². The van der Waals surface area contributed by atoms with Crippen LogP contribution in [-0.2, 0) is 4.79 Å². The van der Waals surface area contributed by atoms with Crippen molar-refractivity contribution in [3.63, 3.8) is 0 Å². The second-order valence-corrected chi connectivity index (χ2v) is 10.9. The number of anilines is 3. The number of carbonyl (C=O) groups excluding carboxylic acids is 3. The molecule has 42 heavy (non-hydrogen) atoms. The summed E-state index contributed by atoms with van der Waals surface area (Å²) in [7, 11) is 1.50. The van der Waals surface area contributed by atoms with E-state index >= 15 is 0 Å². The van der Waals surface area contributed by atoms with Crippen molar-refractivity contribution < 1.29 is 19.1 Å². The van der Waals surface area contributed by atoms with Crippen LogP contribution in [0.4, 0.5) is 21.9 Å². The normalized spacial score (nSPS) is 13.8. The standard InChI is InChI=1S/C33H41N5O4/c1-23(2)31(39)35-27-12-7-9-25(21-27)24-15-19-38(20-16-24)18-8-17-34-32(40)29-14-13-28(22-30(29)42-3)37-33(41)36-26-10-5-4-6-11-26/h4-7,9-14,21-24H,8,15-20H2,1-3H3,(H,34,40)(H,35,39)(H2,36,37,41). The van der Waals surface area contributed by atoms with Gasteiger partial charge in [-0.15, -0.1) is 0 Å². The number of rotatable bonds is 11. The van der Waals surface area contributed by atoms with Gasteiger partial charge in [-0.1, -0.05) is 44.2 Å². The first-order chi connectivity index (χ1) is 20.3. The lowest BCUT2D eigenvalue weighted by molar-refractivity contribution is -0.118. The summed E-state index contributed by atoms with van der Waals surface area (Å²) in [6, 6.07) is 22.0. The lowest BCUT2D eigenvalue weighted by Crippen LogP contribution is -2.35. The van der Waals surface area contributed by atoms with E-state index in [1.807, 2.05) is 44.2 Å². The quantitative estimate of drug-likeness (QED) is 0.213. The molecule has 4 rings (SSSR count). The van der Waals surface area contributed by atoms with Crippen LogP contribution >= 0.6 is 0 Å². The Labute approximate surface area is 248 Å². The van der Waals surface area contributed by atoms with Gasteiger partial charge in [-0.2, -0.15) is 0 Å². The zero-order valence-electron chi connectivity index (χ0n) is 24.6. The Bertz CT molecular complexity index is 1350. The molecule has 0 aromatic heterocycles. The molecule has 0 atom stereocenters. The van der Waals surface area contributed by atoms with Gasteiger partial charge in [0.25, 0.3) is 5.91 Å². The van der Waals surface area contributed by atoms with Crippen molar-refractivity contribution in [2.75, 3.05) is 49.2 Å². The molecule has 4 N–H and O–H groups in total. The van der Waals surface area contributed by atoms with Crippen molar-refractivity contribution in [2.24, 2.45) is 5.92 Å². The fourth-order valence-electron chi connectivity index (χ4n) is 5.02. The molecule has 4 amide bonds. The van der Waals surface area contributed by atoms with E-state index in [1.54, 1.807) is 30.3 Å². The molecule has 0 spiro atoms. The Kier molecular flexibility index (Phi) is 10.9. The number of urea groups is 1. The van der Waals surface area contributed by atoms with Gasteiger partial charge in [0.2, 0.25) is 5.91 Å². The maximum Gasteiger partial charge on any atom is 0.323 e. The predicted molar refractivity (Wildman–Crippen MR) is 167 cm³/mol. The summed E-state index contributed by atoms with van der Waals surface area (Å²) in [6.07, 6.45) is 2.97. The largest absolute Gasteiger partial charge is 0.496 e. The molecular formula is C33H41N5O4. The molecule has 0 aliphatic carbocycles. The maximum atomic E-state index is 12.9. The number of likely N-dealkylation sites (tertiary alicyclic amines) is 1. The Hall–Kier alpha value is -4.37. The molecule has 0 radical (unpaired) electrons. The molecule has 1 heterocycles. The Morgan fingerprint density at radius 2 is 1.55 bits per heavy atom. The monoisotopic (exact) mass is 571 g/mol. The van der Waals surface area contributed by atoms with Crippen LogP contribution in [0.3, 0.4) is 0 Å². The molecule has 3 aromatic rings. The zero-order chi connectivity index (χ0) is 29.9. The highest BCUT2D eigenvalue weighted by Crippen LogP contribution is 2.30. The second kappa shape index (κ2) is 15.0. The fourth-order valence-corrected chi connectivity index (χ4v) is 5.02. The van der Waals surface area contributed by atoms with Crippen molar-refractivity contribution >= 4 is 34.9 Å². The number of piperidine rings is 1. The summed E-state index contributed by atoms with van der Waals surface area (Å²) in [5, 5.41) is 11.5. The first kappa shape index (κ1) is 30.6. The molecule has 0 saturated carbocycles. The summed E-state index contributed by atoms with van der Waals surface area (Å²) in [6.45, 7) is 7.25. The maximum absolute atomic E-state index is 12.9. The van der Waals surface area contributed by atoms with Crippen molar-refractivity contribution in [1.82, 2.24) is 10.2 Å². The van der Waals surface area contributed by atoms with E-state index in [-0.39, 0.29) is 23.8 Å². The molecule has 1 aliphatic heterocycles. The smallest absolute Gasteiger partial charge is 0.323 e. The van der Waals surface area contributed by atoms with Gasteiger partial charge < -0.3 is 30.9 Å². The Morgan fingerprint density at radius 3 is 2.26 bits per heavy atom. The van der Waals surface area contributed by atoms with Gasteiger partial charge in [-0.05, 0) is 86.8 Å². The van der Waals surface area contributed by atoms with E-state index in [0.717, 1.165) is 44.6 Å². The third-order valence-electron chi connectivity index (χ3n) is 7.41. The van der Waals surface area contributed by atoms with E-state index in [2.05, 4.69) is 38.3 Å². The first-order valence-electron chi connectivity index (χ1n) is 14.5. The predicted octanol–water partition coefficient (Wildman–Crippen LogP) is 5.93. The fraction of sp³-hybridized carbons (Fsp3) is 0.364. The average Bonchev–Trinajstić information content (AvgIpc) is 3.00. The van der Waals surface area contributed by atoms with Crippen LogP contribution in [0.15, 0.2) is 72.8 Å². The molecule has 9 nitrogen and oxygen atoms in total. The van der Waals surface area contributed by atoms with Crippen LogP contribution in [0, 0.1) is 5.92 Å². The van der Waals surface area contributed by atoms with Crippen molar-refractivity contribution in [3.05, 3.63) is 83.9 Å². The van der Waals surface area contributed by atoms with E-state index < -0.39 is 0 Å². The van der Waals surface area contributed by atoms with Gasteiger partial charge in [-0.25, -0.2) is 4.79 Å². The van der Waals surface area contributed by atoms with E-state index in [4.69, 9.17) is 4.74 Å². The number of ether oxygens (including phenoxy) is 1. The highest BCUT2D eigenvalue weighted by Gasteiger charge is 2.21. The lowest BCUT2D eigenvalue weighted by Gasteiger charge is -2.32. The summed E-state index contributed by atoms with van der Waals surface area (Å²) >= 11 is 0. The summed E-state index contributed by atoms with van der Waals surface area (Å²) in [5.74, 6) is 0.637. The topological polar surface area (TPSA) is 112 Å². The van der Waals surface area contributed by atoms with Crippen molar-refractivity contribution in [3.8, 4) is 5.75 Å². The first-order valence-corrected chi connectivity index (χ1v) is 14.5. The van der Waals surface area contributed by atoms with E-state index in [1.165, 1.54) is 12.7 Å². The van der Waals surface area contributed by atoms with Gasteiger partial charge >= 0.3 is 6.03 Å². The van der Waals surface area contributed by atoms with Crippen LogP contribution in [0.1, 0.15) is 54.9 Å². The number of amides is 4. The highest BCUT2D eigenvalue weighted by molar-refractivity contribution is 6.01. The minimum atomic E-state index is -0.381. The summed E-state index contributed by atoms with van der Waals surface area (Å²) < 4.78 is 5.43. The number of hydrogen-bond donors (Lipinski definition) is 4. The van der Waals surface area contributed by atoms with Gasteiger partial charge in [0.15, 0.2) is 0 Å². The van der Waals surface area contributed by atoms with Crippen LogP contribution < -0.4 is 26.0 Å². The summed E-state index contributed by atoms with van der Waals surface area (Å²) in [5.41, 5.74) is 3.75. The number of hydrogen-bond acceptors (Lipinski definition) is 5. The third kappa shape index (κ3) is 8.81. The van der Waals surface area contributed by atoms with Gasteiger partial charge in [-0.3, -0.25) is 9.59 Å². The lowest BCUT2D eigenvalue weighted by atomic mass is 9.89. The average molecular weight is 572 g/mol. The van der Waals surface area contributed by atoms with Gasteiger partial charge in [0.1, 0.15) is 5.75 Å². The van der Waals surface area contributed by atoms with Crippen LogP contribution in [0.2, 0.25) is 0 Å². The van der Waals surface area contributed by atoms with Crippen molar-refractivity contribution in [2.45, 2.75) is 39.0 Å². The molecule has 0 bridgehead atoms. The number of nitrogens with one attached hydrogen (secondary N) is 4. The molecule has 1 saturated heterocycles. The number of nitrogens with zero attached hydrogens (tertiary/aromatic N) is 1. The summed E-state index contributed by atoms with van der Waals surface area (Å²) in [4.78, 5) is 39.7. The van der Waals surface area contributed by atoms with E-state index in [9.17, 15) is 14.4 Å².